The highest BCUT2D eigenvalue weighted by Crippen LogP contribution is 2.15. The molecule has 4 nitrogen and oxygen atoms in total. The third-order valence-corrected chi connectivity index (χ3v) is 3.16. The predicted octanol–water partition coefficient (Wildman–Crippen LogP) is 2.37. The Labute approximate surface area is 111 Å². The first-order valence-electron chi connectivity index (χ1n) is 6.07. The minimum absolute atomic E-state index is 0.0992. The maximum Gasteiger partial charge on any atom is 0.122 e. The van der Waals surface area contributed by atoms with Crippen LogP contribution in [0.25, 0.3) is 11.0 Å². The topological polar surface area (TPSA) is 67.7 Å². The normalized spacial score (nSPS) is 10.7. The summed E-state index contributed by atoms with van der Waals surface area (Å²) in [5.41, 5.74) is 9.50. The minimum atomic E-state index is 0.0992. The summed E-state index contributed by atoms with van der Waals surface area (Å²) in [7, 11) is 0. The summed E-state index contributed by atoms with van der Waals surface area (Å²) in [4.78, 5) is 4.32. The molecular formula is C15H14N4. The first-order chi connectivity index (χ1) is 9.24. The number of nitrogens with one attached hydrogen (secondary N) is 1. The molecule has 0 saturated heterocycles. The van der Waals surface area contributed by atoms with Gasteiger partial charge in [0.2, 0.25) is 0 Å². The summed E-state index contributed by atoms with van der Waals surface area (Å²) < 4.78 is 2.16. The lowest BCUT2D eigenvalue weighted by atomic mass is 10.1. The molecule has 1 aromatic carbocycles. The van der Waals surface area contributed by atoms with Crippen LogP contribution in [0.3, 0.4) is 0 Å². The van der Waals surface area contributed by atoms with E-state index in [4.69, 9.17) is 11.1 Å². The molecule has 4 heteroatoms. The van der Waals surface area contributed by atoms with Crippen LogP contribution in [0.5, 0.6) is 0 Å². The van der Waals surface area contributed by atoms with Gasteiger partial charge in [-0.15, -0.1) is 0 Å². The van der Waals surface area contributed by atoms with Gasteiger partial charge in [0.1, 0.15) is 5.84 Å². The second-order valence-electron chi connectivity index (χ2n) is 4.46. The molecular weight excluding hydrogens is 236 g/mol. The van der Waals surface area contributed by atoms with E-state index in [2.05, 4.69) is 15.6 Å². The average molecular weight is 250 g/mol. The van der Waals surface area contributed by atoms with Crippen LogP contribution in [0.1, 0.15) is 11.1 Å². The van der Waals surface area contributed by atoms with Crippen LogP contribution in [0.15, 0.2) is 54.9 Å². The molecule has 3 rings (SSSR count). The number of aromatic nitrogens is 2. The van der Waals surface area contributed by atoms with Crippen LogP contribution in [-0.2, 0) is 6.54 Å². The molecule has 19 heavy (non-hydrogen) atoms. The molecule has 2 heterocycles. The summed E-state index contributed by atoms with van der Waals surface area (Å²) in [6, 6.07) is 13.8. The predicted molar refractivity (Wildman–Crippen MR) is 76.3 cm³/mol. The Bertz CT molecular complexity index is 725. The number of benzene rings is 1. The Balaban J connectivity index is 1.90. The van der Waals surface area contributed by atoms with E-state index in [0.717, 1.165) is 23.1 Å². The summed E-state index contributed by atoms with van der Waals surface area (Å²) in [5, 5.41) is 7.37. The highest BCUT2D eigenvalue weighted by Gasteiger charge is 2.02. The molecule has 0 aliphatic rings. The van der Waals surface area contributed by atoms with Crippen molar-refractivity contribution in [3.05, 3.63) is 66.0 Å². The number of hydrogen-bond acceptors (Lipinski definition) is 2. The molecule has 0 fully saturated rings. The second-order valence-corrected chi connectivity index (χ2v) is 4.46. The van der Waals surface area contributed by atoms with Crippen molar-refractivity contribution in [1.29, 1.82) is 5.41 Å². The molecule has 94 valence electrons. The number of nitrogens with zero attached hydrogens (tertiary/aromatic N) is 2. The van der Waals surface area contributed by atoms with Crippen molar-refractivity contribution < 1.29 is 0 Å². The van der Waals surface area contributed by atoms with Gasteiger partial charge in [-0.05, 0) is 23.8 Å². The van der Waals surface area contributed by atoms with Gasteiger partial charge in [-0.3, -0.25) is 10.4 Å². The fourth-order valence-corrected chi connectivity index (χ4v) is 2.15. The van der Waals surface area contributed by atoms with Crippen molar-refractivity contribution in [2.45, 2.75) is 6.54 Å². The van der Waals surface area contributed by atoms with Crippen LogP contribution < -0.4 is 5.73 Å². The number of hydrogen-bond donors (Lipinski definition) is 2. The van der Waals surface area contributed by atoms with E-state index < -0.39 is 0 Å². The zero-order valence-electron chi connectivity index (χ0n) is 10.4. The maximum absolute atomic E-state index is 7.37. The standard InChI is InChI=1S/C15H14N4/c16-15(17)12-5-3-11(4-6-12)10-19-9-7-13-14(19)2-1-8-18-13/h1-9H,10H2,(H3,16,17). The Hall–Kier alpha value is -2.62. The maximum atomic E-state index is 7.37. The first kappa shape index (κ1) is 11.5. The average Bonchev–Trinajstić information content (AvgIpc) is 2.83. The van der Waals surface area contributed by atoms with E-state index in [-0.39, 0.29) is 5.84 Å². The van der Waals surface area contributed by atoms with Crippen molar-refractivity contribution in [2.24, 2.45) is 5.73 Å². The summed E-state index contributed by atoms with van der Waals surface area (Å²) in [6.45, 7) is 0.785. The van der Waals surface area contributed by atoms with Crippen LogP contribution >= 0.6 is 0 Å². The van der Waals surface area contributed by atoms with E-state index in [1.54, 1.807) is 6.20 Å². The Morgan fingerprint density at radius 3 is 2.68 bits per heavy atom. The molecule has 0 aliphatic carbocycles. The molecule has 0 saturated carbocycles. The molecule has 0 atom stereocenters. The number of rotatable bonds is 3. The quantitative estimate of drug-likeness (QED) is 0.553. The lowest BCUT2D eigenvalue weighted by molar-refractivity contribution is 0.836. The van der Waals surface area contributed by atoms with Crippen molar-refractivity contribution >= 4 is 16.9 Å². The number of amidine groups is 1. The largest absolute Gasteiger partial charge is 0.384 e. The van der Waals surface area contributed by atoms with Crippen molar-refractivity contribution in [1.82, 2.24) is 9.55 Å². The Kier molecular flexibility index (Phi) is 2.76. The molecule has 0 amide bonds. The summed E-state index contributed by atoms with van der Waals surface area (Å²) in [5.74, 6) is 0.0992. The van der Waals surface area contributed by atoms with Crippen LogP contribution in [0.2, 0.25) is 0 Å². The fourth-order valence-electron chi connectivity index (χ4n) is 2.15. The molecule has 2 aromatic heterocycles. The van der Waals surface area contributed by atoms with Crippen LogP contribution in [0, 0.1) is 5.41 Å². The van der Waals surface area contributed by atoms with Crippen molar-refractivity contribution in [2.75, 3.05) is 0 Å². The summed E-state index contributed by atoms with van der Waals surface area (Å²) >= 11 is 0. The Morgan fingerprint density at radius 2 is 1.95 bits per heavy atom. The number of fused-ring (bicyclic) bond motifs is 1. The van der Waals surface area contributed by atoms with Crippen LogP contribution in [-0.4, -0.2) is 15.4 Å². The summed E-state index contributed by atoms with van der Waals surface area (Å²) in [6.07, 6.45) is 3.84. The highest BCUT2D eigenvalue weighted by atomic mass is 15.0. The molecule has 3 aromatic rings. The third kappa shape index (κ3) is 2.20. The van der Waals surface area contributed by atoms with Crippen molar-refractivity contribution in [3.63, 3.8) is 0 Å². The molecule has 0 bridgehead atoms. The third-order valence-electron chi connectivity index (χ3n) is 3.16. The molecule has 0 radical (unpaired) electrons. The zero-order chi connectivity index (χ0) is 13.2. The Morgan fingerprint density at radius 1 is 1.16 bits per heavy atom. The smallest absolute Gasteiger partial charge is 0.122 e. The van der Waals surface area contributed by atoms with Gasteiger partial charge in [0.05, 0.1) is 11.0 Å². The van der Waals surface area contributed by atoms with E-state index in [1.165, 1.54) is 5.56 Å². The van der Waals surface area contributed by atoms with Gasteiger partial charge < -0.3 is 10.3 Å². The SMILES string of the molecule is N=C(N)c1ccc(Cn2ccc3ncccc32)cc1. The molecule has 0 spiro atoms. The molecule has 3 N–H and O–H groups in total. The van der Waals surface area contributed by atoms with Gasteiger partial charge in [-0.25, -0.2) is 0 Å². The lowest BCUT2D eigenvalue weighted by Crippen LogP contribution is -2.10. The van der Waals surface area contributed by atoms with E-state index in [0.29, 0.717) is 0 Å². The highest BCUT2D eigenvalue weighted by molar-refractivity contribution is 5.94. The van der Waals surface area contributed by atoms with Gasteiger partial charge in [0, 0.05) is 24.5 Å². The van der Waals surface area contributed by atoms with Gasteiger partial charge in [0.15, 0.2) is 0 Å². The van der Waals surface area contributed by atoms with Gasteiger partial charge in [0.25, 0.3) is 0 Å². The van der Waals surface area contributed by atoms with E-state index in [9.17, 15) is 0 Å². The monoisotopic (exact) mass is 250 g/mol. The lowest BCUT2D eigenvalue weighted by Gasteiger charge is -2.06. The van der Waals surface area contributed by atoms with Crippen molar-refractivity contribution in [3.8, 4) is 0 Å². The zero-order valence-corrected chi connectivity index (χ0v) is 10.4. The molecule has 0 unspecified atom stereocenters. The van der Waals surface area contributed by atoms with Crippen LogP contribution in [0.4, 0.5) is 0 Å². The molecule has 0 aliphatic heterocycles. The number of nitrogen functional groups attached to an aromatic ring is 1. The minimum Gasteiger partial charge on any atom is -0.384 e. The van der Waals surface area contributed by atoms with E-state index in [1.807, 2.05) is 42.6 Å². The van der Waals surface area contributed by atoms with Gasteiger partial charge in [-0.1, -0.05) is 24.3 Å². The number of pyridine rings is 1. The first-order valence-corrected chi connectivity index (χ1v) is 6.07. The number of nitrogens with two attached hydrogens (primary N) is 1. The second kappa shape index (κ2) is 4.57. The fraction of sp³-hybridized carbons (Fsp3) is 0.0667. The van der Waals surface area contributed by atoms with Gasteiger partial charge >= 0.3 is 0 Å². The van der Waals surface area contributed by atoms with Gasteiger partial charge in [-0.2, -0.15) is 0 Å². The van der Waals surface area contributed by atoms with E-state index >= 15 is 0 Å².